The zero-order valence-corrected chi connectivity index (χ0v) is 11.1. The van der Waals surface area contributed by atoms with Crippen LogP contribution in [0.15, 0.2) is 23.8 Å². The van der Waals surface area contributed by atoms with Crippen molar-refractivity contribution in [2.24, 2.45) is 5.73 Å². The second-order valence-corrected chi connectivity index (χ2v) is 3.09. The van der Waals surface area contributed by atoms with Crippen LogP contribution in [-0.2, 0) is 14.3 Å². The molecule has 1 unspecified atom stereocenters. The van der Waals surface area contributed by atoms with Gasteiger partial charge in [0.15, 0.2) is 6.17 Å². The fraction of sp³-hybridized carbons (Fsp3) is 0.455. The van der Waals surface area contributed by atoms with Crippen molar-refractivity contribution in [1.82, 2.24) is 5.32 Å². The molecule has 0 aromatic rings. The van der Waals surface area contributed by atoms with E-state index in [2.05, 4.69) is 10.1 Å². The molecule has 98 valence electrons. The van der Waals surface area contributed by atoms with Crippen molar-refractivity contribution < 1.29 is 14.3 Å². The molecule has 0 saturated carbocycles. The number of ether oxygens (including phenoxy) is 1. The van der Waals surface area contributed by atoms with Crippen molar-refractivity contribution >= 4 is 25.8 Å². The fourth-order valence-electron chi connectivity index (χ4n) is 0.966. The van der Waals surface area contributed by atoms with E-state index in [0.717, 1.165) is 24.7 Å². The molecule has 0 amide bonds. The van der Waals surface area contributed by atoms with E-state index in [1.807, 2.05) is 18.2 Å². The van der Waals surface area contributed by atoms with Crippen LogP contribution in [0, 0.1) is 0 Å². The van der Waals surface area contributed by atoms with E-state index < -0.39 is 12.1 Å². The zero-order chi connectivity index (χ0) is 12.4. The summed E-state index contributed by atoms with van der Waals surface area (Å²) in [5, 5.41) is 2.52. The number of esters is 1. The highest BCUT2D eigenvalue weighted by Gasteiger charge is 2.08. The first-order valence-electron chi connectivity index (χ1n) is 4.98. The topological polar surface area (TPSA) is 81.4 Å². The summed E-state index contributed by atoms with van der Waals surface area (Å²) < 4.78 is 4.28. The van der Waals surface area contributed by atoms with E-state index in [9.17, 15) is 9.59 Å². The van der Waals surface area contributed by atoms with Crippen LogP contribution in [0.25, 0.3) is 0 Å². The molecule has 0 aromatic carbocycles. The summed E-state index contributed by atoms with van der Waals surface area (Å²) in [5.41, 5.74) is 5.96. The molecule has 0 spiro atoms. The molecule has 1 aliphatic rings. The van der Waals surface area contributed by atoms with Gasteiger partial charge >= 0.3 is 5.97 Å². The number of allylic oxidation sites excluding steroid dienone is 4. The van der Waals surface area contributed by atoms with E-state index >= 15 is 0 Å². The Kier molecular flexibility index (Phi) is 12.2. The molecule has 0 aromatic heterocycles. The number of likely N-dealkylation sites (N-methyl/N-ethyl adjacent to an activating group) is 1. The summed E-state index contributed by atoms with van der Waals surface area (Å²) in [5.74, 6) is -0.451. The molecular formula is C11H20N2O3S. The second-order valence-electron chi connectivity index (χ2n) is 3.09. The number of aldehydes is 1. The predicted octanol–water partition coefficient (Wildman–Crippen LogP) is 0.238. The minimum absolute atomic E-state index is 0. The Morgan fingerprint density at radius 1 is 1.59 bits per heavy atom. The summed E-state index contributed by atoms with van der Waals surface area (Å²) in [6, 6.07) is 0. The molecule has 0 bridgehead atoms. The van der Waals surface area contributed by atoms with Crippen LogP contribution in [0.4, 0.5) is 0 Å². The Morgan fingerprint density at radius 3 is 2.47 bits per heavy atom. The molecular weight excluding hydrogens is 240 g/mol. The smallest absolute Gasteiger partial charge is 0.337 e. The second kappa shape index (κ2) is 11.4. The van der Waals surface area contributed by atoms with Crippen molar-refractivity contribution in [3.63, 3.8) is 0 Å². The van der Waals surface area contributed by atoms with Gasteiger partial charge in [-0.15, -0.1) is 0 Å². The maximum Gasteiger partial charge on any atom is 0.337 e. The van der Waals surface area contributed by atoms with Gasteiger partial charge in [0.1, 0.15) is 6.29 Å². The summed E-state index contributed by atoms with van der Waals surface area (Å²) >= 11 is 0. The molecule has 1 rings (SSSR count). The Balaban J connectivity index is 0. The van der Waals surface area contributed by atoms with Gasteiger partial charge in [-0.2, -0.15) is 13.5 Å². The minimum atomic E-state index is -0.694. The first-order chi connectivity index (χ1) is 7.65. The quantitative estimate of drug-likeness (QED) is 0.431. The highest BCUT2D eigenvalue weighted by Crippen LogP contribution is 2.05. The fourth-order valence-corrected chi connectivity index (χ4v) is 0.966. The molecule has 5 nitrogen and oxygen atoms in total. The maximum absolute atomic E-state index is 10.3. The largest absolute Gasteiger partial charge is 0.467 e. The summed E-state index contributed by atoms with van der Waals surface area (Å²) in [4.78, 5) is 20.4. The van der Waals surface area contributed by atoms with E-state index in [-0.39, 0.29) is 13.5 Å². The molecule has 0 heterocycles. The third-order valence-corrected chi connectivity index (χ3v) is 1.93. The normalized spacial score (nSPS) is 14.4. The highest BCUT2D eigenvalue weighted by atomic mass is 32.1. The molecule has 0 saturated heterocycles. The molecule has 3 N–H and O–H groups in total. The van der Waals surface area contributed by atoms with Gasteiger partial charge in [-0.3, -0.25) is 10.1 Å². The third kappa shape index (κ3) is 8.67. The number of methoxy groups -OCH3 is 1. The van der Waals surface area contributed by atoms with Gasteiger partial charge in [0, 0.05) is 5.57 Å². The van der Waals surface area contributed by atoms with Crippen LogP contribution in [0.2, 0.25) is 0 Å². The number of nitrogens with two attached hydrogens (primary N) is 1. The molecule has 0 aliphatic heterocycles. The van der Waals surface area contributed by atoms with Crippen molar-refractivity contribution in [3.05, 3.63) is 23.8 Å². The summed E-state index contributed by atoms with van der Waals surface area (Å²) in [7, 11) is 2.88. The Bertz CT molecular complexity index is 290. The average Bonchev–Trinajstić information content (AvgIpc) is 2.38. The number of hydrogen-bond acceptors (Lipinski definition) is 5. The molecule has 6 heteroatoms. The van der Waals surface area contributed by atoms with Crippen LogP contribution in [0.1, 0.15) is 12.8 Å². The van der Waals surface area contributed by atoms with Crippen LogP contribution >= 0.6 is 13.5 Å². The van der Waals surface area contributed by atoms with Gasteiger partial charge in [-0.1, -0.05) is 18.2 Å². The van der Waals surface area contributed by atoms with Gasteiger partial charge in [0.05, 0.1) is 7.11 Å². The lowest BCUT2D eigenvalue weighted by Gasteiger charge is -2.04. The Hall–Kier alpha value is -1.11. The van der Waals surface area contributed by atoms with E-state index in [1.165, 1.54) is 7.11 Å². The number of carbonyl (C=O) groups excluding carboxylic acids is 2. The van der Waals surface area contributed by atoms with Gasteiger partial charge in [0.25, 0.3) is 0 Å². The van der Waals surface area contributed by atoms with Crippen LogP contribution in [-0.4, -0.2) is 32.6 Å². The number of rotatable bonds is 3. The van der Waals surface area contributed by atoms with Gasteiger partial charge in [0.2, 0.25) is 0 Å². The van der Waals surface area contributed by atoms with Crippen molar-refractivity contribution in [2.75, 3.05) is 14.2 Å². The van der Waals surface area contributed by atoms with Crippen molar-refractivity contribution in [1.29, 1.82) is 0 Å². The molecule has 0 fully saturated rings. The Labute approximate surface area is 109 Å². The SMILES string of the molecule is CNC(N)C(=O)OC.O=CC1=CCCC=C1.S. The average molecular weight is 260 g/mol. The molecule has 0 radical (unpaired) electrons. The first kappa shape index (κ1) is 18.3. The molecule has 1 atom stereocenters. The maximum atomic E-state index is 10.3. The van der Waals surface area contributed by atoms with Gasteiger partial charge in [-0.05, 0) is 19.9 Å². The van der Waals surface area contributed by atoms with Crippen LogP contribution in [0.5, 0.6) is 0 Å². The molecule has 1 aliphatic carbocycles. The standard InChI is InChI=1S/C7H8O.C4H10N2O2.H2S/c8-6-7-4-2-1-3-5-7;1-6-3(5)4(7)8-2;/h2,4-6H,1,3H2;3,6H,5H2,1-2H3;1H2. The summed E-state index contributed by atoms with van der Waals surface area (Å²) in [6.45, 7) is 0. The number of carbonyl (C=O) groups is 2. The van der Waals surface area contributed by atoms with Crippen LogP contribution < -0.4 is 11.1 Å². The van der Waals surface area contributed by atoms with E-state index in [4.69, 9.17) is 5.73 Å². The van der Waals surface area contributed by atoms with Crippen molar-refractivity contribution in [3.8, 4) is 0 Å². The lowest BCUT2D eigenvalue weighted by Crippen LogP contribution is -2.42. The lowest BCUT2D eigenvalue weighted by atomic mass is 10.1. The Morgan fingerprint density at radius 2 is 2.24 bits per heavy atom. The zero-order valence-electron chi connectivity index (χ0n) is 10.1. The highest BCUT2D eigenvalue weighted by molar-refractivity contribution is 7.59. The lowest BCUT2D eigenvalue weighted by molar-refractivity contribution is -0.142. The van der Waals surface area contributed by atoms with Crippen molar-refractivity contribution in [2.45, 2.75) is 19.0 Å². The number of hydrogen-bond donors (Lipinski definition) is 2. The van der Waals surface area contributed by atoms with E-state index in [0.29, 0.717) is 0 Å². The monoisotopic (exact) mass is 260 g/mol. The van der Waals surface area contributed by atoms with Gasteiger partial charge in [-0.25, -0.2) is 4.79 Å². The first-order valence-corrected chi connectivity index (χ1v) is 4.98. The predicted molar refractivity (Wildman–Crippen MR) is 72.0 cm³/mol. The van der Waals surface area contributed by atoms with Gasteiger partial charge < -0.3 is 10.5 Å². The van der Waals surface area contributed by atoms with E-state index in [1.54, 1.807) is 7.05 Å². The summed E-state index contributed by atoms with van der Waals surface area (Å²) in [6.07, 6.45) is 8.12. The van der Waals surface area contributed by atoms with Crippen LogP contribution in [0.3, 0.4) is 0 Å². The third-order valence-electron chi connectivity index (χ3n) is 1.93. The minimum Gasteiger partial charge on any atom is -0.467 e. The number of nitrogens with one attached hydrogen (secondary N) is 1. The molecule has 17 heavy (non-hydrogen) atoms.